The largest absolute Gasteiger partial charge is 0.456 e. The Hall–Kier alpha value is -3.70. The van der Waals surface area contributed by atoms with Crippen LogP contribution in [0.3, 0.4) is 0 Å². The van der Waals surface area contributed by atoms with Gasteiger partial charge in [-0.25, -0.2) is 9.37 Å². The van der Waals surface area contributed by atoms with Gasteiger partial charge in [0.2, 0.25) is 0 Å². The molecule has 0 bridgehead atoms. The summed E-state index contributed by atoms with van der Waals surface area (Å²) in [6.45, 7) is 0. The molecule has 0 amide bonds. The second-order valence-electron chi connectivity index (χ2n) is 7.93. The zero-order valence-electron chi connectivity index (χ0n) is 16.6. The van der Waals surface area contributed by atoms with Crippen molar-refractivity contribution in [2.75, 3.05) is 0 Å². The number of aliphatic hydroxyl groups is 1. The summed E-state index contributed by atoms with van der Waals surface area (Å²) < 4.78 is 22.9. The van der Waals surface area contributed by atoms with E-state index < -0.39 is 11.9 Å². The molecule has 6 rings (SSSR count). The number of aromatic nitrogens is 2. The van der Waals surface area contributed by atoms with Crippen LogP contribution in [-0.2, 0) is 0 Å². The number of rotatable bonds is 4. The van der Waals surface area contributed by atoms with E-state index in [2.05, 4.69) is 21.7 Å². The zero-order chi connectivity index (χ0) is 20.9. The van der Waals surface area contributed by atoms with Crippen molar-refractivity contribution in [1.29, 1.82) is 0 Å². The summed E-state index contributed by atoms with van der Waals surface area (Å²) in [7, 11) is 0. The molecule has 0 unspecified atom stereocenters. The molecular formula is C26H19FN2O2. The summed E-state index contributed by atoms with van der Waals surface area (Å²) in [5, 5.41) is 11.8. The molecule has 1 N–H and O–H groups in total. The SMILES string of the molecule is O[C@H](C[C@@H]1c2ccccc2-c2cncn21)c1cc2cc(-c3ccccc3)oc2cc1F. The Kier molecular flexibility index (Phi) is 4.04. The third-order valence-electron chi connectivity index (χ3n) is 6.10. The molecule has 0 saturated heterocycles. The number of hydrogen-bond donors (Lipinski definition) is 1. The molecule has 2 aromatic heterocycles. The summed E-state index contributed by atoms with van der Waals surface area (Å²) in [5.41, 5.74) is 4.92. The number of imidazole rings is 1. The topological polar surface area (TPSA) is 51.2 Å². The highest BCUT2D eigenvalue weighted by Crippen LogP contribution is 2.43. The fourth-order valence-electron chi connectivity index (χ4n) is 4.59. The van der Waals surface area contributed by atoms with Gasteiger partial charge in [-0.3, -0.25) is 0 Å². The number of fused-ring (bicyclic) bond motifs is 4. The van der Waals surface area contributed by atoms with Gasteiger partial charge in [0.15, 0.2) is 0 Å². The van der Waals surface area contributed by atoms with E-state index in [1.165, 1.54) is 6.07 Å². The van der Waals surface area contributed by atoms with E-state index in [-0.39, 0.29) is 11.6 Å². The van der Waals surface area contributed by atoms with E-state index in [1.54, 1.807) is 12.4 Å². The van der Waals surface area contributed by atoms with Gasteiger partial charge < -0.3 is 14.1 Å². The summed E-state index contributed by atoms with van der Waals surface area (Å²) in [4.78, 5) is 4.26. The van der Waals surface area contributed by atoms with Crippen LogP contribution in [0.4, 0.5) is 4.39 Å². The number of hydrogen-bond acceptors (Lipinski definition) is 3. The third kappa shape index (κ3) is 2.89. The van der Waals surface area contributed by atoms with E-state index in [9.17, 15) is 9.50 Å². The van der Waals surface area contributed by atoms with Crippen molar-refractivity contribution in [2.24, 2.45) is 0 Å². The number of halogens is 1. The summed E-state index contributed by atoms with van der Waals surface area (Å²) in [6.07, 6.45) is 2.99. The van der Waals surface area contributed by atoms with Crippen LogP contribution in [0.5, 0.6) is 0 Å². The lowest BCUT2D eigenvalue weighted by molar-refractivity contribution is 0.149. The first-order valence-corrected chi connectivity index (χ1v) is 10.3. The van der Waals surface area contributed by atoms with E-state index in [1.807, 2.05) is 54.7 Å². The number of aliphatic hydroxyl groups excluding tert-OH is 1. The Balaban J connectivity index is 1.36. The molecule has 0 fully saturated rings. The average molecular weight is 410 g/mol. The van der Waals surface area contributed by atoms with Crippen LogP contribution in [-0.4, -0.2) is 14.7 Å². The normalized spacial score (nSPS) is 15.7. The molecule has 5 aromatic rings. The van der Waals surface area contributed by atoms with Crippen LogP contribution in [0, 0.1) is 5.82 Å². The van der Waals surface area contributed by atoms with Crippen LogP contribution in [0.2, 0.25) is 0 Å². The van der Waals surface area contributed by atoms with Crippen molar-refractivity contribution in [2.45, 2.75) is 18.6 Å². The Bertz CT molecular complexity index is 1400. The third-order valence-corrected chi connectivity index (χ3v) is 6.10. The predicted octanol–water partition coefficient (Wildman–Crippen LogP) is 6.13. The molecule has 5 heteroatoms. The van der Waals surface area contributed by atoms with Gasteiger partial charge in [-0.05, 0) is 17.7 Å². The zero-order valence-corrected chi connectivity index (χ0v) is 16.6. The molecule has 0 spiro atoms. The highest BCUT2D eigenvalue weighted by Gasteiger charge is 2.31. The fourth-order valence-corrected chi connectivity index (χ4v) is 4.59. The standard InChI is InChI=1S/C26H19FN2O2/c27-21-12-26-17(11-25(31-26)16-6-2-1-3-7-16)10-20(21)24(30)13-22-18-8-4-5-9-19(18)23-14-28-15-29(22)23/h1-12,14-15,22,24,30H,13H2/t22-,24-/m1/s1. The highest BCUT2D eigenvalue weighted by molar-refractivity contribution is 5.83. The number of benzene rings is 3. The maximum absolute atomic E-state index is 14.9. The predicted molar refractivity (Wildman–Crippen MR) is 117 cm³/mol. The first-order chi connectivity index (χ1) is 15.2. The van der Waals surface area contributed by atoms with Gasteiger partial charge in [0.25, 0.3) is 0 Å². The molecule has 31 heavy (non-hydrogen) atoms. The first kappa shape index (κ1) is 18.1. The van der Waals surface area contributed by atoms with Crippen molar-refractivity contribution in [3.63, 3.8) is 0 Å². The first-order valence-electron chi connectivity index (χ1n) is 10.3. The van der Waals surface area contributed by atoms with Crippen LogP contribution in [0.25, 0.3) is 33.6 Å². The van der Waals surface area contributed by atoms with E-state index in [0.717, 1.165) is 27.8 Å². The molecule has 1 aliphatic rings. The summed E-state index contributed by atoms with van der Waals surface area (Å²) in [6, 6.07) is 22.6. The molecule has 1 aliphatic heterocycles. The van der Waals surface area contributed by atoms with Crippen LogP contribution in [0.15, 0.2) is 89.7 Å². The van der Waals surface area contributed by atoms with Crippen molar-refractivity contribution in [1.82, 2.24) is 9.55 Å². The molecule has 152 valence electrons. The van der Waals surface area contributed by atoms with Crippen LogP contribution >= 0.6 is 0 Å². The minimum atomic E-state index is -0.967. The van der Waals surface area contributed by atoms with E-state index in [4.69, 9.17) is 4.42 Å². The quantitative estimate of drug-likeness (QED) is 0.388. The number of nitrogens with zero attached hydrogens (tertiary/aromatic N) is 2. The fraction of sp³-hybridized carbons (Fsp3) is 0.115. The van der Waals surface area contributed by atoms with Gasteiger partial charge in [-0.2, -0.15) is 0 Å². The van der Waals surface area contributed by atoms with Gasteiger partial charge in [0.1, 0.15) is 17.2 Å². The van der Waals surface area contributed by atoms with Gasteiger partial charge in [-0.15, -0.1) is 0 Å². The lowest BCUT2D eigenvalue weighted by atomic mass is 9.95. The second-order valence-corrected chi connectivity index (χ2v) is 7.93. The van der Waals surface area contributed by atoms with Crippen molar-refractivity contribution in [3.05, 3.63) is 102 Å². The molecule has 3 heterocycles. The van der Waals surface area contributed by atoms with E-state index in [0.29, 0.717) is 17.8 Å². The molecule has 0 radical (unpaired) electrons. The second kappa shape index (κ2) is 6.93. The summed E-state index contributed by atoms with van der Waals surface area (Å²) >= 11 is 0. The molecule has 0 aliphatic carbocycles. The molecule has 3 aromatic carbocycles. The molecule has 4 nitrogen and oxygen atoms in total. The van der Waals surface area contributed by atoms with Gasteiger partial charge in [0.05, 0.1) is 30.4 Å². The minimum Gasteiger partial charge on any atom is -0.456 e. The average Bonchev–Trinajstić information content (AvgIpc) is 3.50. The van der Waals surface area contributed by atoms with Crippen molar-refractivity contribution in [3.8, 4) is 22.6 Å². The Morgan fingerprint density at radius 1 is 1.03 bits per heavy atom. The monoisotopic (exact) mass is 410 g/mol. The maximum atomic E-state index is 14.9. The van der Waals surface area contributed by atoms with Crippen LogP contribution in [0.1, 0.15) is 29.7 Å². The smallest absolute Gasteiger partial charge is 0.137 e. The van der Waals surface area contributed by atoms with Crippen LogP contribution < -0.4 is 0 Å². The van der Waals surface area contributed by atoms with E-state index >= 15 is 0 Å². The summed E-state index contributed by atoms with van der Waals surface area (Å²) in [5.74, 6) is 0.209. The number of furan rings is 1. The Labute approximate surface area is 178 Å². The van der Waals surface area contributed by atoms with Gasteiger partial charge in [0, 0.05) is 34.6 Å². The molecule has 0 saturated carbocycles. The Morgan fingerprint density at radius 2 is 1.84 bits per heavy atom. The lowest BCUT2D eigenvalue weighted by Crippen LogP contribution is -2.11. The minimum absolute atomic E-state index is 0.0944. The molecule has 2 atom stereocenters. The maximum Gasteiger partial charge on any atom is 0.137 e. The van der Waals surface area contributed by atoms with Gasteiger partial charge >= 0.3 is 0 Å². The molecular weight excluding hydrogens is 391 g/mol. The Morgan fingerprint density at radius 3 is 2.71 bits per heavy atom. The highest BCUT2D eigenvalue weighted by atomic mass is 19.1. The van der Waals surface area contributed by atoms with Crippen molar-refractivity contribution >= 4 is 11.0 Å². The lowest BCUT2D eigenvalue weighted by Gasteiger charge is -2.19. The van der Waals surface area contributed by atoms with Gasteiger partial charge in [-0.1, -0.05) is 54.6 Å². The van der Waals surface area contributed by atoms with Crippen molar-refractivity contribution < 1.29 is 13.9 Å².